The van der Waals surface area contributed by atoms with Crippen LogP contribution < -0.4 is 11.1 Å². The number of carbonyl (C=O) groups is 1. The van der Waals surface area contributed by atoms with Gasteiger partial charge in [0.25, 0.3) is 5.91 Å². The molecule has 0 saturated carbocycles. The predicted octanol–water partition coefficient (Wildman–Crippen LogP) is 1.94. The SMILES string of the molecule is CCc1nc(C(N)=O)c(Nc2cccc(S(C)(=O)=O)c2)nc1Cl. The van der Waals surface area contributed by atoms with Crippen molar-refractivity contribution in [2.45, 2.75) is 18.2 Å². The van der Waals surface area contributed by atoms with Crippen LogP contribution in [0.15, 0.2) is 29.2 Å². The van der Waals surface area contributed by atoms with Gasteiger partial charge in [-0.1, -0.05) is 24.6 Å². The summed E-state index contributed by atoms with van der Waals surface area (Å²) < 4.78 is 23.2. The molecule has 0 aliphatic carbocycles. The lowest BCUT2D eigenvalue weighted by Gasteiger charge is -2.11. The molecular formula is C14H15ClN4O3S. The number of benzene rings is 1. The fraction of sp³-hybridized carbons (Fsp3) is 0.214. The zero-order chi connectivity index (χ0) is 17.2. The lowest BCUT2D eigenvalue weighted by Crippen LogP contribution is -2.18. The third-order valence-electron chi connectivity index (χ3n) is 3.01. The van der Waals surface area contributed by atoms with Gasteiger partial charge in [0.15, 0.2) is 26.5 Å². The van der Waals surface area contributed by atoms with Gasteiger partial charge in [0.2, 0.25) is 0 Å². The van der Waals surface area contributed by atoms with Gasteiger partial charge in [-0.25, -0.2) is 18.4 Å². The van der Waals surface area contributed by atoms with E-state index in [1.165, 1.54) is 12.1 Å². The summed E-state index contributed by atoms with van der Waals surface area (Å²) in [7, 11) is -3.36. The van der Waals surface area contributed by atoms with Crippen molar-refractivity contribution in [1.29, 1.82) is 0 Å². The molecule has 0 atom stereocenters. The third-order valence-corrected chi connectivity index (χ3v) is 4.43. The number of hydrogen-bond acceptors (Lipinski definition) is 6. The summed E-state index contributed by atoms with van der Waals surface area (Å²) in [6, 6.07) is 6.08. The fourth-order valence-corrected chi connectivity index (χ4v) is 2.80. The van der Waals surface area contributed by atoms with Crippen molar-refractivity contribution in [3.63, 3.8) is 0 Å². The van der Waals surface area contributed by atoms with E-state index in [1.807, 2.05) is 6.92 Å². The number of aromatic nitrogens is 2. The van der Waals surface area contributed by atoms with Gasteiger partial charge in [-0.2, -0.15) is 0 Å². The summed E-state index contributed by atoms with van der Waals surface area (Å²) in [5.41, 5.74) is 6.14. The maximum Gasteiger partial charge on any atom is 0.271 e. The minimum Gasteiger partial charge on any atom is -0.364 e. The molecule has 2 rings (SSSR count). The summed E-state index contributed by atoms with van der Waals surface area (Å²) in [5, 5.41) is 2.99. The van der Waals surface area contributed by atoms with Crippen LogP contribution in [0, 0.1) is 0 Å². The van der Waals surface area contributed by atoms with E-state index in [-0.39, 0.29) is 21.6 Å². The molecule has 23 heavy (non-hydrogen) atoms. The summed E-state index contributed by atoms with van der Waals surface area (Å²) in [4.78, 5) is 19.9. The zero-order valence-electron chi connectivity index (χ0n) is 12.5. The molecule has 1 amide bonds. The molecule has 9 heteroatoms. The topological polar surface area (TPSA) is 115 Å². The first kappa shape index (κ1) is 17.2. The molecule has 0 saturated heterocycles. The highest BCUT2D eigenvalue weighted by atomic mass is 35.5. The Bertz CT molecular complexity index is 868. The van der Waals surface area contributed by atoms with Crippen LogP contribution in [-0.2, 0) is 16.3 Å². The van der Waals surface area contributed by atoms with Crippen LogP contribution in [0.4, 0.5) is 11.5 Å². The van der Waals surface area contributed by atoms with E-state index in [1.54, 1.807) is 12.1 Å². The number of amides is 1. The van der Waals surface area contributed by atoms with Gasteiger partial charge in [-0.15, -0.1) is 0 Å². The molecule has 0 unspecified atom stereocenters. The van der Waals surface area contributed by atoms with E-state index in [2.05, 4.69) is 15.3 Å². The number of rotatable bonds is 5. The van der Waals surface area contributed by atoms with Crippen molar-refractivity contribution < 1.29 is 13.2 Å². The Kier molecular flexibility index (Phi) is 4.86. The largest absolute Gasteiger partial charge is 0.364 e. The van der Waals surface area contributed by atoms with E-state index in [0.717, 1.165) is 6.26 Å². The molecule has 0 fully saturated rings. The van der Waals surface area contributed by atoms with Gasteiger partial charge in [0.05, 0.1) is 10.6 Å². The number of sulfone groups is 1. The smallest absolute Gasteiger partial charge is 0.271 e. The molecule has 122 valence electrons. The van der Waals surface area contributed by atoms with Gasteiger partial charge >= 0.3 is 0 Å². The Morgan fingerprint density at radius 2 is 2.04 bits per heavy atom. The van der Waals surface area contributed by atoms with Crippen molar-refractivity contribution in [3.8, 4) is 0 Å². The lowest BCUT2D eigenvalue weighted by molar-refractivity contribution is 0.0996. The van der Waals surface area contributed by atoms with E-state index in [4.69, 9.17) is 17.3 Å². The number of carbonyl (C=O) groups excluding carboxylic acids is 1. The van der Waals surface area contributed by atoms with E-state index in [9.17, 15) is 13.2 Å². The number of nitrogens with zero attached hydrogens (tertiary/aromatic N) is 2. The van der Waals surface area contributed by atoms with Crippen LogP contribution in [0.1, 0.15) is 23.1 Å². The second-order valence-electron chi connectivity index (χ2n) is 4.80. The minimum absolute atomic E-state index is 0.0593. The number of hydrogen-bond donors (Lipinski definition) is 2. The van der Waals surface area contributed by atoms with Gasteiger partial charge in [-0.3, -0.25) is 4.79 Å². The second kappa shape index (κ2) is 6.51. The van der Waals surface area contributed by atoms with Crippen LogP contribution in [0.5, 0.6) is 0 Å². The average molecular weight is 355 g/mol. The second-order valence-corrected chi connectivity index (χ2v) is 7.17. The molecule has 0 bridgehead atoms. The Hall–Kier alpha value is -2.19. The molecule has 0 aliphatic heterocycles. The van der Waals surface area contributed by atoms with Crippen molar-refractivity contribution in [3.05, 3.63) is 40.8 Å². The molecular weight excluding hydrogens is 340 g/mol. The molecule has 1 aromatic carbocycles. The summed E-state index contributed by atoms with van der Waals surface area (Å²) in [6.45, 7) is 1.82. The quantitative estimate of drug-likeness (QED) is 0.847. The highest BCUT2D eigenvalue weighted by Crippen LogP contribution is 2.23. The Morgan fingerprint density at radius 3 is 2.61 bits per heavy atom. The van der Waals surface area contributed by atoms with Crippen LogP contribution in [0.2, 0.25) is 5.15 Å². The normalized spacial score (nSPS) is 11.3. The Morgan fingerprint density at radius 1 is 1.35 bits per heavy atom. The predicted molar refractivity (Wildman–Crippen MR) is 87.8 cm³/mol. The van der Waals surface area contributed by atoms with Gasteiger partial charge in [0.1, 0.15) is 0 Å². The van der Waals surface area contributed by atoms with Crippen LogP contribution in [-0.4, -0.2) is 30.5 Å². The third kappa shape index (κ3) is 3.96. The van der Waals surface area contributed by atoms with Crippen molar-refractivity contribution in [1.82, 2.24) is 9.97 Å². The highest BCUT2D eigenvalue weighted by molar-refractivity contribution is 7.90. The van der Waals surface area contributed by atoms with E-state index < -0.39 is 15.7 Å². The molecule has 0 aliphatic rings. The minimum atomic E-state index is -3.36. The average Bonchev–Trinajstić information content (AvgIpc) is 2.46. The van der Waals surface area contributed by atoms with Crippen molar-refractivity contribution in [2.75, 3.05) is 11.6 Å². The fourth-order valence-electron chi connectivity index (χ4n) is 1.87. The maximum atomic E-state index is 11.6. The van der Waals surface area contributed by atoms with Gasteiger partial charge in [0, 0.05) is 11.9 Å². The number of aryl methyl sites for hydroxylation is 1. The van der Waals surface area contributed by atoms with Gasteiger partial charge in [-0.05, 0) is 24.6 Å². The summed E-state index contributed by atoms with van der Waals surface area (Å²) >= 11 is 6.01. The first-order valence-corrected chi connectivity index (χ1v) is 8.92. The number of nitrogens with two attached hydrogens (primary N) is 1. The number of anilines is 2. The zero-order valence-corrected chi connectivity index (χ0v) is 14.1. The van der Waals surface area contributed by atoms with Crippen molar-refractivity contribution >= 4 is 38.9 Å². The molecule has 0 radical (unpaired) electrons. The van der Waals surface area contributed by atoms with Crippen molar-refractivity contribution in [2.24, 2.45) is 5.73 Å². The van der Waals surface area contributed by atoms with E-state index >= 15 is 0 Å². The Balaban J connectivity index is 2.48. The first-order valence-electron chi connectivity index (χ1n) is 6.65. The van der Waals surface area contributed by atoms with Crippen LogP contribution in [0.25, 0.3) is 0 Å². The van der Waals surface area contributed by atoms with Gasteiger partial charge < -0.3 is 11.1 Å². The molecule has 0 spiro atoms. The van der Waals surface area contributed by atoms with Crippen LogP contribution >= 0.6 is 11.6 Å². The maximum absolute atomic E-state index is 11.6. The standard InChI is InChI=1S/C14H15ClN4O3S/c1-3-10-12(15)19-14(11(18-10)13(16)20)17-8-5-4-6-9(7-8)23(2,21)22/h4-7H,3H2,1-2H3,(H2,16,20)(H,17,19). The monoisotopic (exact) mass is 354 g/mol. The molecule has 1 aromatic heterocycles. The molecule has 1 heterocycles. The number of nitrogens with one attached hydrogen (secondary N) is 1. The van der Waals surface area contributed by atoms with Crippen LogP contribution in [0.3, 0.4) is 0 Å². The lowest BCUT2D eigenvalue weighted by atomic mass is 10.3. The Labute approximate surface area is 138 Å². The summed E-state index contributed by atoms with van der Waals surface area (Å²) in [5.74, 6) is -0.684. The highest BCUT2D eigenvalue weighted by Gasteiger charge is 2.17. The first-order chi connectivity index (χ1) is 10.7. The number of halogens is 1. The molecule has 3 N–H and O–H groups in total. The van der Waals surface area contributed by atoms with E-state index in [0.29, 0.717) is 17.8 Å². The number of primary amides is 1. The summed E-state index contributed by atoms with van der Waals surface area (Å²) in [6.07, 6.45) is 1.60. The molecule has 2 aromatic rings. The molecule has 7 nitrogen and oxygen atoms in total.